The first-order chi connectivity index (χ1) is 19.5. The highest BCUT2D eigenvalue weighted by molar-refractivity contribution is 7.92. The molecule has 0 aromatic heterocycles. The van der Waals surface area contributed by atoms with Crippen molar-refractivity contribution < 1.29 is 22.7 Å². The zero-order valence-corrected chi connectivity index (χ0v) is 25.8. The van der Waals surface area contributed by atoms with E-state index in [9.17, 15) is 18.0 Å². The van der Waals surface area contributed by atoms with Crippen molar-refractivity contribution in [2.75, 3.05) is 24.5 Å². The lowest BCUT2D eigenvalue weighted by atomic mass is 10.1. The molecular formula is C31H38ClN3O5S. The predicted molar refractivity (Wildman–Crippen MR) is 163 cm³/mol. The first-order valence-electron chi connectivity index (χ1n) is 13.6. The predicted octanol–water partition coefficient (Wildman–Crippen LogP) is 5.49. The lowest BCUT2D eigenvalue weighted by molar-refractivity contribution is -0.140. The standard InChI is InChI=1S/C31H38ClN3O5S/c1-6-17-33-31(37)28(7-2)34(20-24-10-8-9-23(4)18-24)30(36)21-35(25-13-16-29(40-5)27(32)19-25)41(38,39)26-14-11-22(3)12-15-26/h8-16,18-19,28H,6-7,17,20-21H2,1-5H3,(H,33,37)/t28-/m0/s1. The molecule has 0 aliphatic carbocycles. The first kappa shape index (κ1) is 32.0. The summed E-state index contributed by atoms with van der Waals surface area (Å²) in [5.74, 6) is -0.433. The molecule has 0 bridgehead atoms. The number of ether oxygens (including phenoxy) is 1. The third-order valence-corrected chi connectivity index (χ3v) is 8.77. The van der Waals surface area contributed by atoms with Crippen molar-refractivity contribution in [1.29, 1.82) is 0 Å². The minimum absolute atomic E-state index is 0.0285. The molecule has 1 N–H and O–H groups in total. The average molecular weight is 600 g/mol. The van der Waals surface area contributed by atoms with Crippen LogP contribution < -0.4 is 14.4 Å². The van der Waals surface area contributed by atoms with Gasteiger partial charge in [0.05, 0.1) is 22.7 Å². The van der Waals surface area contributed by atoms with Crippen molar-refractivity contribution >= 4 is 39.1 Å². The highest BCUT2D eigenvalue weighted by Gasteiger charge is 2.34. The van der Waals surface area contributed by atoms with Gasteiger partial charge >= 0.3 is 0 Å². The van der Waals surface area contributed by atoms with Gasteiger partial charge in [0.25, 0.3) is 10.0 Å². The quantitative estimate of drug-likeness (QED) is 0.280. The summed E-state index contributed by atoms with van der Waals surface area (Å²) in [5, 5.41) is 3.08. The summed E-state index contributed by atoms with van der Waals surface area (Å²) in [7, 11) is -2.74. The van der Waals surface area contributed by atoms with E-state index in [1.54, 1.807) is 24.3 Å². The molecule has 0 saturated heterocycles. The number of hydrogen-bond acceptors (Lipinski definition) is 5. The number of nitrogens with zero attached hydrogens (tertiary/aromatic N) is 2. The van der Waals surface area contributed by atoms with E-state index >= 15 is 0 Å². The van der Waals surface area contributed by atoms with Gasteiger partial charge in [-0.1, -0.05) is 73.0 Å². The Bertz CT molecular complexity index is 1460. The Balaban J connectivity index is 2.09. The van der Waals surface area contributed by atoms with Gasteiger partial charge in [0.1, 0.15) is 18.3 Å². The topological polar surface area (TPSA) is 96.0 Å². The Labute approximate surface area is 248 Å². The summed E-state index contributed by atoms with van der Waals surface area (Å²) in [6.45, 7) is 7.66. The van der Waals surface area contributed by atoms with E-state index < -0.39 is 28.5 Å². The highest BCUT2D eigenvalue weighted by Crippen LogP contribution is 2.32. The minimum Gasteiger partial charge on any atom is -0.495 e. The van der Waals surface area contributed by atoms with E-state index in [1.165, 1.54) is 30.2 Å². The van der Waals surface area contributed by atoms with Crippen LogP contribution in [0.15, 0.2) is 71.6 Å². The van der Waals surface area contributed by atoms with Gasteiger partial charge in [-0.3, -0.25) is 13.9 Å². The second-order valence-electron chi connectivity index (χ2n) is 9.87. The van der Waals surface area contributed by atoms with Crippen molar-refractivity contribution in [3.8, 4) is 5.75 Å². The summed E-state index contributed by atoms with van der Waals surface area (Å²) >= 11 is 6.38. The van der Waals surface area contributed by atoms with E-state index in [0.29, 0.717) is 18.7 Å². The van der Waals surface area contributed by atoms with Crippen LogP contribution in [0.4, 0.5) is 5.69 Å². The Morgan fingerprint density at radius 1 is 0.976 bits per heavy atom. The molecule has 0 saturated carbocycles. The Kier molecular flexibility index (Phi) is 11.2. The number of carbonyl (C=O) groups excluding carboxylic acids is 2. The van der Waals surface area contributed by atoms with E-state index in [-0.39, 0.29) is 28.1 Å². The molecule has 0 fully saturated rings. The number of rotatable bonds is 13. The summed E-state index contributed by atoms with van der Waals surface area (Å²) < 4.78 is 34.3. The number of methoxy groups -OCH3 is 1. The molecule has 2 amide bonds. The molecule has 0 aliphatic heterocycles. The molecule has 10 heteroatoms. The Hall–Kier alpha value is -3.56. The van der Waals surface area contributed by atoms with Gasteiger partial charge in [-0.05, 0) is 62.6 Å². The summed E-state index contributed by atoms with van der Waals surface area (Å²) in [6, 6.07) is 17.8. The maximum atomic E-state index is 14.1. The second kappa shape index (κ2) is 14.4. The smallest absolute Gasteiger partial charge is 0.264 e. The fourth-order valence-electron chi connectivity index (χ4n) is 4.47. The number of anilines is 1. The zero-order chi connectivity index (χ0) is 30.2. The number of nitrogens with one attached hydrogen (secondary N) is 1. The Morgan fingerprint density at radius 2 is 1.68 bits per heavy atom. The van der Waals surface area contributed by atoms with Crippen molar-refractivity contribution in [2.24, 2.45) is 0 Å². The fraction of sp³-hybridized carbons (Fsp3) is 0.355. The van der Waals surface area contributed by atoms with Crippen LogP contribution in [-0.2, 0) is 26.2 Å². The molecule has 1 atom stereocenters. The van der Waals surface area contributed by atoms with Crippen LogP contribution in [0.5, 0.6) is 5.75 Å². The van der Waals surface area contributed by atoms with Gasteiger partial charge in [0, 0.05) is 13.1 Å². The molecule has 0 spiro atoms. The fourth-order valence-corrected chi connectivity index (χ4v) is 6.13. The molecule has 3 aromatic rings. The van der Waals surface area contributed by atoms with E-state index in [1.807, 2.05) is 52.0 Å². The summed E-state index contributed by atoms with van der Waals surface area (Å²) in [4.78, 5) is 28.8. The number of amides is 2. The lowest BCUT2D eigenvalue weighted by Gasteiger charge is -2.33. The van der Waals surface area contributed by atoms with Gasteiger partial charge in [-0.2, -0.15) is 0 Å². The van der Waals surface area contributed by atoms with E-state index in [4.69, 9.17) is 16.3 Å². The monoisotopic (exact) mass is 599 g/mol. The summed E-state index contributed by atoms with van der Waals surface area (Å²) in [6.07, 6.45) is 1.10. The van der Waals surface area contributed by atoms with Gasteiger partial charge in [-0.15, -0.1) is 0 Å². The maximum Gasteiger partial charge on any atom is 0.264 e. The van der Waals surface area contributed by atoms with Gasteiger partial charge in [0.15, 0.2) is 0 Å². The van der Waals surface area contributed by atoms with Crippen LogP contribution in [0.3, 0.4) is 0 Å². The molecule has 0 aliphatic rings. The van der Waals surface area contributed by atoms with Gasteiger partial charge < -0.3 is 15.0 Å². The number of carbonyl (C=O) groups is 2. The van der Waals surface area contributed by atoms with E-state index in [0.717, 1.165) is 27.4 Å². The highest BCUT2D eigenvalue weighted by atomic mass is 35.5. The molecule has 220 valence electrons. The number of aryl methyl sites for hydroxylation is 2. The number of halogens is 1. The molecule has 0 unspecified atom stereocenters. The largest absolute Gasteiger partial charge is 0.495 e. The molecule has 3 rings (SSSR count). The molecular weight excluding hydrogens is 562 g/mol. The van der Waals surface area contributed by atoms with Crippen LogP contribution in [0.25, 0.3) is 0 Å². The van der Waals surface area contributed by atoms with Crippen LogP contribution in [0.1, 0.15) is 43.4 Å². The van der Waals surface area contributed by atoms with Crippen molar-refractivity contribution in [3.05, 3.63) is 88.4 Å². The molecule has 0 radical (unpaired) electrons. The van der Waals surface area contributed by atoms with Gasteiger partial charge in [0.2, 0.25) is 11.8 Å². The molecule has 3 aromatic carbocycles. The van der Waals surface area contributed by atoms with Crippen LogP contribution in [-0.4, -0.2) is 51.4 Å². The Morgan fingerprint density at radius 3 is 2.27 bits per heavy atom. The number of sulfonamides is 1. The normalized spacial score (nSPS) is 12.0. The minimum atomic E-state index is -4.20. The van der Waals surface area contributed by atoms with Crippen LogP contribution >= 0.6 is 11.6 Å². The molecule has 8 nitrogen and oxygen atoms in total. The molecule has 41 heavy (non-hydrogen) atoms. The van der Waals surface area contributed by atoms with Crippen LogP contribution in [0, 0.1) is 13.8 Å². The van der Waals surface area contributed by atoms with Gasteiger partial charge in [-0.25, -0.2) is 8.42 Å². The maximum absolute atomic E-state index is 14.1. The van der Waals surface area contributed by atoms with Crippen molar-refractivity contribution in [3.63, 3.8) is 0 Å². The summed E-state index contributed by atoms with van der Waals surface area (Å²) in [5.41, 5.74) is 2.94. The third kappa shape index (κ3) is 8.01. The zero-order valence-electron chi connectivity index (χ0n) is 24.2. The number of benzene rings is 3. The first-order valence-corrected chi connectivity index (χ1v) is 15.4. The average Bonchev–Trinajstić information content (AvgIpc) is 2.94. The SMILES string of the molecule is CCCNC(=O)[C@H](CC)N(Cc1cccc(C)c1)C(=O)CN(c1ccc(OC)c(Cl)c1)S(=O)(=O)c1ccc(C)cc1. The lowest BCUT2D eigenvalue weighted by Crippen LogP contribution is -2.52. The number of hydrogen-bond donors (Lipinski definition) is 1. The van der Waals surface area contributed by atoms with Crippen molar-refractivity contribution in [2.45, 2.75) is 58.0 Å². The van der Waals surface area contributed by atoms with Crippen molar-refractivity contribution in [1.82, 2.24) is 10.2 Å². The van der Waals surface area contributed by atoms with Crippen LogP contribution in [0.2, 0.25) is 5.02 Å². The third-order valence-electron chi connectivity index (χ3n) is 6.68. The molecule has 0 heterocycles. The van der Waals surface area contributed by atoms with E-state index in [2.05, 4.69) is 5.32 Å². The second-order valence-corrected chi connectivity index (χ2v) is 12.1.